The van der Waals surface area contributed by atoms with Crippen molar-refractivity contribution in [1.82, 2.24) is 0 Å². The molecule has 9 unspecified atom stereocenters. The zero-order valence-electron chi connectivity index (χ0n) is 18.3. The van der Waals surface area contributed by atoms with Crippen molar-refractivity contribution in [1.29, 1.82) is 0 Å². The molecule has 4 rings (SSSR count). The Kier molecular flexibility index (Phi) is 5.57. The molecule has 4 fully saturated rings. The number of rotatable bonds is 4. The van der Waals surface area contributed by atoms with E-state index in [-0.39, 0.29) is 35.2 Å². The minimum atomic E-state index is -0.748. The molecule has 0 radical (unpaired) electrons. The van der Waals surface area contributed by atoms with Crippen molar-refractivity contribution in [2.45, 2.75) is 96.9 Å². The van der Waals surface area contributed by atoms with Gasteiger partial charge in [0.2, 0.25) is 0 Å². The summed E-state index contributed by atoms with van der Waals surface area (Å²) >= 11 is 0. The first-order valence-corrected chi connectivity index (χ1v) is 11.9. The average Bonchev–Trinajstić information content (AvgIpc) is 3.02. The fourth-order valence-electron chi connectivity index (χ4n) is 8.77. The van der Waals surface area contributed by atoms with Gasteiger partial charge in [0.25, 0.3) is 0 Å². The standard InChI is InChI=1S/C24H40O5/c1-13(4-7-19(26)27)15-5-6-16-20-17(9-11-23(15,16)2)24(3)10-8-14(25)12-18(24)21(28)22(20)29/h13-18,20-22,25,28-29H,4-12H2,1-3H3,(H,26,27)/t13?,14?,15?,16?,17?,18?,20?,21?,22?,23-,24-/m1/s1. The molecule has 11 atom stereocenters. The second-order valence-corrected chi connectivity index (χ2v) is 11.5. The Labute approximate surface area is 174 Å². The van der Waals surface area contributed by atoms with E-state index in [1.54, 1.807) is 0 Å². The first-order valence-electron chi connectivity index (χ1n) is 11.9. The minimum absolute atomic E-state index is 0.00309. The normalized spacial score (nSPS) is 52.9. The van der Waals surface area contributed by atoms with Crippen molar-refractivity contribution in [3.8, 4) is 0 Å². The van der Waals surface area contributed by atoms with Crippen molar-refractivity contribution < 1.29 is 25.2 Å². The number of carboxylic acids is 1. The van der Waals surface area contributed by atoms with E-state index >= 15 is 0 Å². The zero-order chi connectivity index (χ0) is 21.1. The highest BCUT2D eigenvalue weighted by atomic mass is 16.4. The minimum Gasteiger partial charge on any atom is -0.481 e. The number of fused-ring (bicyclic) bond motifs is 5. The zero-order valence-corrected chi connectivity index (χ0v) is 18.3. The molecule has 0 aromatic heterocycles. The van der Waals surface area contributed by atoms with Gasteiger partial charge in [-0.15, -0.1) is 0 Å². The average molecular weight is 409 g/mol. The maximum atomic E-state index is 11.3. The largest absolute Gasteiger partial charge is 0.481 e. The van der Waals surface area contributed by atoms with Crippen LogP contribution in [0.3, 0.4) is 0 Å². The van der Waals surface area contributed by atoms with Crippen LogP contribution in [0.15, 0.2) is 0 Å². The Morgan fingerprint density at radius 2 is 1.59 bits per heavy atom. The van der Waals surface area contributed by atoms with E-state index in [2.05, 4.69) is 20.8 Å². The maximum absolute atomic E-state index is 11.3. The Bertz CT molecular complexity index is 637. The summed E-state index contributed by atoms with van der Waals surface area (Å²) in [6.45, 7) is 6.89. The SMILES string of the molecule is CC(CCC(=O)O)C1CCC2C3C(O)C(O)C4CC(O)CC[C@]4(C)C3CC[C@]12C. The van der Waals surface area contributed by atoms with E-state index in [1.165, 1.54) is 0 Å². The van der Waals surface area contributed by atoms with Crippen molar-refractivity contribution in [3.63, 3.8) is 0 Å². The van der Waals surface area contributed by atoms with Crippen LogP contribution in [0.25, 0.3) is 0 Å². The summed E-state index contributed by atoms with van der Waals surface area (Å²) in [6.07, 6.45) is 5.87. The van der Waals surface area contributed by atoms with Gasteiger partial charge in [0, 0.05) is 6.42 Å². The molecular formula is C24H40O5. The van der Waals surface area contributed by atoms with Crippen LogP contribution >= 0.6 is 0 Å². The van der Waals surface area contributed by atoms with Crippen molar-refractivity contribution in [3.05, 3.63) is 0 Å². The lowest BCUT2D eigenvalue weighted by Crippen LogP contribution is -2.64. The summed E-state index contributed by atoms with van der Waals surface area (Å²) in [6, 6.07) is 0. The molecular weight excluding hydrogens is 368 g/mol. The fourth-order valence-corrected chi connectivity index (χ4v) is 8.77. The third kappa shape index (κ3) is 3.27. The van der Waals surface area contributed by atoms with Gasteiger partial charge in [-0.2, -0.15) is 0 Å². The van der Waals surface area contributed by atoms with Crippen LogP contribution in [0.1, 0.15) is 78.6 Å². The predicted octanol–water partition coefficient (Wildman–Crippen LogP) is 3.45. The lowest BCUT2D eigenvalue weighted by Gasteiger charge is -2.63. The van der Waals surface area contributed by atoms with Crippen LogP contribution < -0.4 is 0 Å². The number of hydrogen-bond donors (Lipinski definition) is 4. The van der Waals surface area contributed by atoms with Crippen LogP contribution in [0, 0.1) is 46.3 Å². The number of hydrogen-bond acceptors (Lipinski definition) is 4. The van der Waals surface area contributed by atoms with Crippen LogP contribution in [0.2, 0.25) is 0 Å². The number of aliphatic carboxylic acids is 1. The van der Waals surface area contributed by atoms with Crippen molar-refractivity contribution in [2.75, 3.05) is 0 Å². The third-order valence-electron chi connectivity index (χ3n) is 10.3. The van der Waals surface area contributed by atoms with Gasteiger partial charge in [-0.05, 0) is 97.7 Å². The monoisotopic (exact) mass is 408 g/mol. The molecule has 4 N–H and O–H groups in total. The van der Waals surface area contributed by atoms with Crippen LogP contribution in [-0.4, -0.2) is 44.7 Å². The summed E-state index contributed by atoms with van der Waals surface area (Å²) in [4.78, 5) is 11.1. The van der Waals surface area contributed by atoms with Crippen molar-refractivity contribution in [2.24, 2.45) is 46.3 Å². The molecule has 4 aliphatic carbocycles. The van der Waals surface area contributed by atoms with E-state index < -0.39 is 18.2 Å². The molecule has 29 heavy (non-hydrogen) atoms. The summed E-state index contributed by atoms with van der Waals surface area (Å²) < 4.78 is 0. The van der Waals surface area contributed by atoms with Gasteiger partial charge in [-0.3, -0.25) is 4.79 Å². The summed E-state index contributed by atoms with van der Waals surface area (Å²) in [5.41, 5.74) is 0.119. The van der Waals surface area contributed by atoms with Gasteiger partial charge >= 0.3 is 5.97 Å². The van der Waals surface area contributed by atoms with Gasteiger partial charge in [0.05, 0.1) is 18.3 Å². The molecule has 0 aromatic rings. The summed E-state index contributed by atoms with van der Waals surface area (Å²) in [5.74, 6) is 1.06. The quantitative estimate of drug-likeness (QED) is 0.571. The van der Waals surface area contributed by atoms with E-state index in [0.29, 0.717) is 30.1 Å². The Balaban J connectivity index is 1.59. The lowest BCUT2D eigenvalue weighted by atomic mass is 9.43. The van der Waals surface area contributed by atoms with Gasteiger partial charge in [-0.25, -0.2) is 0 Å². The summed E-state index contributed by atoms with van der Waals surface area (Å²) in [5, 5.41) is 41.7. The van der Waals surface area contributed by atoms with Gasteiger partial charge in [0.1, 0.15) is 0 Å². The van der Waals surface area contributed by atoms with E-state index in [0.717, 1.165) is 44.9 Å². The van der Waals surface area contributed by atoms with Crippen LogP contribution in [-0.2, 0) is 4.79 Å². The van der Waals surface area contributed by atoms with Gasteiger partial charge in [0.15, 0.2) is 0 Å². The molecule has 0 heterocycles. The van der Waals surface area contributed by atoms with Gasteiger partial charge < -0.3 is 20.4 Å². The van der Waals surface area contributed by atoms with Crippen molar-refractivity contribution >= 4 is 5.97 Å². The molecule has 166 valence electrons. The molecule has 0 aliphatic heterocycles. The molecule has 4 saturated carbocycles. The smallest absolute Gasteiger partial charge is 0.303 e. The topological polar surface area (TPSA) is 98.0 Å². The molecule has 0 aromatic carbocycles. The van der Waals surface area contributed by atoms with Crippen LogP contribution in [0.5, 0.6) is 0 Å². The number of aliphatic hydroxyl groups is 3. The molecule has 0 bridgehead atoms. The molecule has 5 nitrogen and oxygen atoms in total. The molecule has 0 amide bonds. The second-order valence-electron chi connectivity index (χ2n) is 11.5. The van der Waals surface area contributed by atoms with E-state index in [9.17, 15) is 20.1 Å². The number of carboxylic acid groups (broad SMARTS) is 1. The molecule has 0 spiro atoms. The number of carbonyl (C=O) groups is 1. The highest BCUT2D eigenvalue weighted by Gasteiger charge is 2.65. The lowest BCUT2D eigenvalue weighted by molar-refractivity contribution is -0.223. The highest BCUT2D eigenvalue weighted by Crippen LogP contribution is 2.68. The summed E-state index contributed by atoms with van der Waals surface area (Å²) in [7, 11) is 0. The number of aliphatic hydroxyl groups excluding tert-OH is 3. The fraction of sp³-hybridized carbons (Fsp3) is 0.958. The Morgan fingerprint density at radius 1 is 0.931 bits per heavy atom. The first-order chi connectivity index (χ1) is 13.6. The molecule has 0 saturated heterocycles. The maximum Gasteiger partial charge on any atom is 0.303 e. The van der Waals surface area contributed by atoms with Crippen LogP contribution in [0.4, 0.5) is 0 Å². The Hall–Kier alpha value is -0.650. The first kappa shape index (κ1) is 21.6. The second kappa shape index (κ2) is 7.49. The highest BCUT2D eigenvalue weighted by molar-refractivity contribution is 5.66. The third-order valence-corrected chi connectivity index (χ3v) is 10.3. The van der Waals surface area contributed by atoms with Gasteiger partial charge in [-0.1, -0.05) is 20.8 Å². The van der Waals surface area contributed by atoms with E-state index in [1.807, 2.05) is 0 Å². The molecule has 4 aliphatic rings. The molecule has 5 heteroatoms. The predicted molar refractivity (Wildman–Crippen MR) is 110 cm³/mol. The van der Waals surface area contributed by atoms with E-state index in [4.69, 9.17) is 5.11 Å². The Morgan fingerprint density at radius 3 is 2.28 bits per heavy atom.